The van der Waals surface area contributed by atoms with Gasteiger partial charge in [0.05, 0.1) is 11.0 Å². The van der Waals surface area contributed by atoms with Crippen molar-refractivity contribution in [2.24, 2.45) is 11.1 Å². The number of aryl methyl sites for hydroxylation is 1. The zero-order valence-electron chi connectivity index (χ0n) is 13.1. The average Bonchev–Trinajstić information content (AvgIpc) is 2.40. The summed E-state index contributed by atoms with van der Waals surface area (Å²) in [4.78, 5) is 12.6. The molecule has 118 valence electrons. The van der Waals surface area contributed by atoms with Crippen LogP contribution in [-0.4, -0.2) is 24.6 Å². The second-order valence-corrected chi connectivity index (χ2v) is 6.14. The van der Waals surface area contributed by atoms with Gasteiger partial charge in [-0.3, -0.25) is 10.1 Å². The van der Waals surface area contributed by atoms with Crippen LogP contribution >= 0.6 is 0 Å². The van der Waals surface area contributed by atoms with Crippen LogP contribution in [0, 0.1) is 28.3 Å². The maximum atomic E-state index is 13.6. The summed E-state index contributed by atoms with van der Waals surface area (Å²) in [7, 11) is 0. The molecular formula is C15H24FN3O2. The van der Waals surface area contributed by atoms with E-state index in [-0.39, 0.29) is 11.1 Å². The molecule has 0 aliphatic carbocycles. The number of anilines is 1. The minimum absolute atomic E-state index is 0.175. The van der Waals surface area contributed by atoms with Crippen LogP contribution in [0.1, 0.15) is 32.8 Å². The lowest BCUT2D eigenvalue weighted by atomic mass is 9.92. The van der Waals surface area contributed by atoms with E-state index in [1.54, 1.807) is 13.0 Å². The Bertz CT molecular complexity index is 518. The van der Waals surface area contributed by atoms with E-state index in [9.17, 15) is 14.5 Å². The predicted octanol–water partition coefficient (Wildman–Crippen LogP) is 3.24. The number of nitro benzene ring substituents is 1. The highest BCUT2D eigenvalue weighted by molar-refractivity contribution is 5.65. The third-order valence-corrected chi connectivity index (χ3v) is 3.46. The van der Waals surface area contributed by atoms with Gasteiger partial charge in [0.15, 0.2) is 0 Å². The Labute approximate surface area is 125 Å². The molecule has 0 unspecified atom stereocenters. The lowest BCUT2D eigenvalue weighted by Gasteiger charge is -2.33. The third-order valence-electron chi connectivity index (χ3n) is 3.46. The maximum Gasteiger partial charge on any atom is 0.295 e. The summed E-state index contributed by atoms with van der Waals surface area (Å²) in [6, 6.07) is 2.55. The van der Waals surface area contributed by atoms with E-state index in [0.29, 0.717) is 30.9 Å². The monoisotopic (exact) mass is 297 g/mol. The zero-order chi connectivity index (χ0) is 16.2. The van der Waals surface area contributed by atoms with Gasteiger partial charge in [-0.05, 0) is 36.9 Å². The number of benzene rings is 1. The molecule has 0 spiro atoms. The Hall–Kier alpha value is -1.69. The summed E-state index contributed by atoms with van der Waals surface area (Å²) < 4.78 is 13.6. The van der Waals surface area contributed by atoms with Crippen LogP contribution in [0.15, 0.2) is 12.1 Å². The Balaban J connectivity index is 3.30. The van der Waals surface area contributed by atoms with Crippen LogP contribution in [0.25, 0.3) is 0 Å². The first-order chi connectivity index (χ1) is 9.71. The van der Waals surface area contributed by atoms with E-state index < -0.39 is 10.7 Å². The van der Waals surface area contributed by atoms with Crippen LogP contribution in [-0.2, 0) is 0 Å². The summed E-state index contributed by atoms with van der Waals surface area (Å²) in [6.07, 6.45) is 0.841. The molecule has 0 fully saturated rings. The van der Waals surface area contributed by atoms with Crippen molar-refractivity contribution in [1.82, 2.24) is 0 Å². The highest BCUT2D eigenvalue weighted by atomic mass is 19.1. The number of halogens is 1. The fourth-order valence-electron chi connectivity index (χ4n) is 2.19. The number of hydrogen-bond acceptors (Lipinski definition) is 4. The first-order valence-electron chi connectivity index (χ1n) is 7.11. The first-order valence-corrected chi connectivity index (χ1v) is 7.11. The standard InChI is InChI=1S/C15H24FN3O2/c1-5-6-18(10-15(3,4)9-17)13-7-11(2)12(16)8-14(13)19(20)21/h7-8H,5-6,9-10,17H2,1-4H3. The van der Waals surface area contributed by atoms with Crippen molar-refractivity contribution in [2.45, 2.75) is 34.1 Å². The fraction of sp³-hybridized carbons (Fsp3) is 0.600. The molecule has 0 radical (unpaired) electrons. The molecular weight excluding hydrogens is 273 g/mol. The van der Waals surface area contributed by atoms with Gasteiger partial charge >= 0.3 is 0 Å². The molecule has 5 nitrogen and oxygen atoms in total. The molecule has 0 saturated heterocycles. The molecule has 0 aliphatic heterocycles. The van der Waals surface area contributed by atoms with Crippen molar-refractivity contribution in [3.63, 3.8) is 0 Å². The summed E-state index contributed by atoms with van der Waals surface area (Å²) in [5.74, 6) is -0.556. The Morgan fingerprint density at radius 3 is 2.52 bits per heavy atom. The largest absolute Gasteiger partial charge is 0.365 e. The lowest BCUT2D eigenvalue weighted by molar-refractivity contribution is -0.384. The highest BCUT2D eigenvalue weighted by Gasteiger charge is 2.26. The smallest absolute Gasteiger partial charge is 0.295 e. The minimum atomic E-state index is -0.556. The predicted molar refractivity (Wildman–Crippen MR) is 83.1 cm³/mol. The number of nitro groups is 1. The van der Waals surface area contributed by atoms with Gasteiger partial charge in [-0.25, -0.2) is 4.39 Å². The Morgan fingerprint density at radius 2 is 2.05 bits per heavy atom. The number of nitrogens with two attached hydrogens (primary N) is 1. The van der Waals surface area contributed by atoms with Gasteiger partial charge in [0.1, 0.15) is 11.5 Å². The lowest BCUT2D eigenvalue weighted by Crippen LogP contribution is -2.39. The molecule has 0 aliphatic rings. The summed E-state index contributed by atoms with van der Waals surface area (Å²) in [5, 5.41) is 11.2. The summed E-state index contributed by atoms with van der Waals surface area (Å²) in [5.41, 5.74) is 6.26. The topological polar surface area (TPSA) is 72.4 Å². The average molecular weight is 297 g/mol. The number of nitrogens with zero attached hydrogens (tertiary/aromatic N) is 2. The highest BCUT2D eigenvalue weighted by Crippen LogP contribution is 2.33. The molecule has 2 N–H and O–H groups in total. The van der Waals surface area contributed by atoms with Gasteiger partial charge < -0.3 is 10.6 Å². The fourth-order valence-corrected chi connectivity index (χ4v) is 2.19. The Kier molecular flexibility index (Phi) is 5.66. The van der Waals surface area contributed by atoms with Crippen molar-refractivity contribution < 1.29 is 9.31 Å². The Morgan fingerprint density at radius 1 is 1.43 bits per heavy atom. The van der Waals surface area contributed by atoms with Gasteiger partial charge in [0.2, 0.25) is 0 Å². The SMILES string of the molecule is CCCN(CC(C)(C)CN)c1cc(C)c(F)cc1[N+](=O)[O-]. The third kappa shape index (κ3) is 4.39. The quantitative estimate of drug-likeness (QED) is 0.619. The molecule has 0 aromatic heterocycles. The van der Waals surface area contributed by atoms with Crippen LogP contribution in [0.3, 0.4) is 0 Å². The molecule has 0 bridgehead atoms. The van der Waals surface area contributed by atoms with E-state index in [0.717, 1.165) is 12.5 Å². The van der Waals surface area contributed by atoms with Crippen LogP contribution < -0.4 is 10.6 Å². The first kappa shape index (κ1) is 17.4. The van der Waals surface area contributed by atoms with E-state index >= 15 is 0 Å². The van der Waals surface area contributed by atoms with E-state index in [1.165, 1.54) is 0 Å². The van der Waals surface area contributed by atoms with Gasteiger partial charge in [-0.1, -0.05) is 20.8 Å². The van der Waals surface area contributed by atoms with E-state index in [1.807, 2.05) is 25.7 Å². The molecule has 0 saturated carbocycles. The molecule has 1 aromatic rings. The van der Waals surface area contributed by atoms with E-state index in [2.05, 4.69) is 0 Å². The molecule has 0 atom stereocenters. The van der Waals surface area contributed by atoms with Gasteiger partial charge in [-0.15, -0.1) is 0 Å². The molecule has 1 rings (SSSR count). The van der Waals surface area contributed by atoms with Crippen molar-refractivity contribution >= 4 is 11.4 Å². The van der Waals surface area contributed by atoms with Crippen LogP contribution in [0.2, 0.25) is 0 Å². The molecule has 21 heavy (non-hydrogen) atoms. The van der Waals surface area contributed by atoms with E-state index in [4.69, 9.17) is 5.73 Å². The summed E-state index contributed by atoms with van der Waals surface area (Å²) >= 11 is 0. The van der Waals surface area contributed by atoms with Gasteiger partial charge in [0.25, 0.3) is 5.69 Å². The van der Waals surface area contributed by atoms with Crippen molar-refractivity contribution in [3.8, 4) is 0 Å². The van der Waals surface area contributed by atoms with Crippen molar-refractivity contribution in [3.05, 3.63) is 33.6 Å². The molecule has 6 heteroatoms. The molecule has 0 heterocycles. The van der Waals surface area contributed by atoms with Crippen LogP contribution in [0.4, 0.5) is 15.8 Å². The van der Waals surface area contributed by atoms with Gasteiger partial charge in [-0.2, -0.15) is 0 Å². The normalized spacial score (nSPS) is 11.5. The number of rotatable bonds is 7. The van der Waals surface area contributed by atoms with Crippen molar-refractivity contribution in [1.29, 1.82) is 0 Å². The second-order valence-electron chi connectivity index (χ2n) is 6.14. The number of hydrogen-bond donors (Lipinski definition) is 1. The summed E-state index contributed by atoms with van der Waals surface area (Å²) in [6.45, 7) is 9.36. The van der Waals surface area contributed by atoms with Crippen LogP contribution in [0.5, 0.6) is 0 Å². The second kappa shape index (κ2) is 6.85. The van der Waals surface area contributed by atoms with Gasteiger partial charge in [0, 0.05) is 13.1 Å². The molecule has 0 amide bonds. The molecule has 1 aromatic carbocycles. The maximum absolute atomic E-state index is 13.6. The van der Waals surface area contributed by atoms with Crippen molar-refractivity contribution in [2.75, 3.05) is 24.5 Å². The minimum Gasteiger partial charge on any atom is -0.365 e. The zero-order valence-corrected chi connectivity index (χ0v) is 13.1.